The van der Waals surface area contributed by atoms with E-state index in [1.165, 1.54) is 12.1 Å². The Balaban J connectivity index is 2.21. The zero-order chi connectivity index (χ0) is 13.8. The van der Waals surface area contributed by atoms with Crippen molar-refractivity contribution in [3.63, 3.8) is 0 Å². The number of halogens is 4. The highest BCUT2D eigenvalue weighted by molar-refractivity contribution is 9.10. The van der Waals surface area contributed by atoms with Crippen molar-refractivity contribution in [2.75, 3.05) is 0 Å². The summed E-state index contributed by atoms with van der Waals surface area (Å²) >= 11 is 6.43. The van der Waals surface area contributed by atoms with Crippen LogP contribution in [0.2, 0.25) is 0 Å². The number of hydrogen-bond donors (Lipinski definition) is 0. The number of hydrogen-bond acceptors (Lipinski definition) is 1. The Morgan fingerprint density at radius 1 is 0.947 bits per heavy atom. The lowest BCUT2D eigenvalue weighted by atomic mass is 10.2. The second kappa shape index (κ2) is 6.48. The smallest absolute Gasteiger partial charge is 0.165 e. The summed E-state index contributed by atoms with van der Waals surface area (Å²) in [5, 5.41) is 0.490. The van der Waals surface area contributed by atoms with Crippen LogP contribution in [0.3, 0.4) is 0 Å². The third-order valence-corrected chi connectivity index (χ3v) is 4.09. The van der Waals surface area contributed by atoms with Crippen molar-refractivity contribution < 1.29 is 13.5 Å². The van der Waals surface area contributed by atoms with E-state index in [1.54, 1.807) is 24.3 Å². The van der Waals surface area contributed by atoms with E-state index in [0.717, 1.165) is 0 Å². The Kier molecular flexibility index (Phi) is 4.93. The molecule has 1 nitrogen and oxygen atoms in total. The first-order valence-electron chi connectivity index (χ1n) is 5.52. The van der Waals surface area contributed by atoms with Crippen molar-refractivity contribution in [2.45, 2.75) is 11.9 Å². The molecule has 0 aliphatic carbocycles. The second-order valence-corrected chi connectivity index (χ2v) is 5.22. The largest absolute Gasteiger partial charge is 0.485 e. The third kappa shape index (κ3) is 3.34. The molecule has 0 atom stereocenters. The molecule has 0 bridgehead atoms. The summed E-state index contributed by atoms with van der Waals surface area (Å²) in [6, 6.07) is 9.39. The van der Waals surface area contributed by atoms with Crippen LogP contribution in [0.4, 0.5) is 8.78 Å². The van der Waals surface area contributed by atoms with Gasteiger partial charge in [0.1, 0.15) is 12.4 Å². The van der Waals surface area contributed by atoms with Crippen molar-refractivity contribution in [3.05, 3.63) is 63.6 Å². The van der Waals surface area contributed by atoms with Crippen LogP contribution in [0.1, 0.15) is 11.1 Å². The van der Waals surface area contributed by atoms with Gasteiger partial charge in [0.25, 0.3) is 0 Å². The highest BCUT2D eigenvalue weighted by atomic mass is 79.9. The standard InChI is InChI=1S/C14H10Br2F2O/c15-7-9-3-1-6-12(18)14(9)19-8-10-4-2-5-11(17)13(10)16/h1-6H,7-8H2. The van der Waals surface area contributed by atoms with Crippen molar-refractivity contribution in [2.24, 2.45) is 0 Å². The maximum Gasteiger partial charge on any atom is 0.165 e. The minimum Gasteiger partial charge on any atom is -0.485 e. The molecule has 0 radical (unpaired) electrons. The van der Waals surface area contributed by atoms with E-state index in [-0.39, 0.29) is 18.2 Å². The van der Waals surface area contributed by atoms with Gasteiger partial charge in [-0.05, 0) is 28.1 Å². The zero-order valence-corrected chi connectivity index (χ0v) is 13.0. The van der Waals surface area contributed by atoms with Gasteiger partial charge in [0.15, 0.2) is 11.6 Å². The lowest BCUT2D eigenvalue weighted by molar-refractivity contribution is 0.286. The molecule has 0 fully saturated rings. The number of rotatable bonds is 4. The molecule has 5 heteroatoms. The fourth-order valence-corrected chi connectivity index (χ4v) is 2.45. The van der Waals surface area contributed by atoms with Crippen LogP contribution in [0, 0.1) is 11.6 Å². The highest BCUT2D eigenvalue weighted by Crippen LogP contribution is 2.27. The number of para-hydroxylation sites is 1. The van der Waals surface area contributed by atoms with Gasteiger partial charge in [-0.3, -0.25) is 0 Å². The lowest BCUT2D eigenvalue weighted by Crippen LogP contribution is -2.01. The molecule has 0 aromatic heterocycles. The number of benzene rings is 2. The first kappa shape index (κ1) is 14.5. The van der Waals surface area contributed by atoms with Crippen LogP contribution in [0.25, 0.3) is 0 Å². The van der Waals surface area contributed by atoms with Crippen LogP contribution in [0.5, 0.6) is 5.75 Å². The van der Waals surface area contributed by atoms with Crippen LogP contribution in [-0.4, -0.2) is 0 Å². The van der Waals surface area contributed by atoms with Gasteiger partial charge in [-0.15, -0.1) is 0 Å². The quantitative estimate of drug-likeness (QED) is 0.650. The molecule has 0 saturated heterocycles. The predicted molar refractivity (Wildman–Crippen MR) is 77.5 cm³/mol. The van der Waals surface area contributed by atoms with E-state index in [4.69, 9.17) is 4.74 Å². The maximum atomic E-state index is 13.7. The monoisotopic (exact) mass is 390 g/mol. The number of alkyl halides is 1. The molecule has 100 valence electrons. The van der Waals surface area contributed by atoms with E-state index in [2.05, 4.69) is 31.9 Å². The summed E-state index contributed by atoms with van der Waals surface area (Å²) in [5.41, 5.74) is 1.34. The topological polar surface area (TPSA) is 9.23 Å². The molecule has 0 aliphatic rings. The van der Waals surface area contributed by atoms with Crippen molar-refractivity contribution >= 4 is 31.9 Å². The molecule has 0 aliphatic heterocycles. The van der Waals surface area contributed by atoms with Gasteiger partial charge < -0.3 is 4.74 Å². The summed E-state index contributed by atoms with van der Waals surface area (Å²) in [6.45, 7) is 0.0965. The molecule has 0 saturated carbocycles. The Labute approximate surface area is 126 Å². The van der Waals surface area contributed by atoms with Gasteiger partial charge in [-0.2, -0.15) is 0 Å². The van der Waals surface area contributed by atoms with E-state index < -0.39 is 5.82 Å². The summed E-state index contributed by atoms with van der Waals surface area (Å²) in [6.07, 6.45) is 0. The lowest BCUT2D eigenvalue weighted by Gasteiger charge is -2.12. The van der Waals surface area contributed by atoms with Crippen LogP contribution >= 0.6 is 31.9 Å². The fourth-order valence-electron chi connectivity index (χ4n) is 1.63. The number of ether oxygens (including phenoxy) is 1. The average molecular weight is 392 g/mol. The van der Waals surface area contributed by atoms with Crippen molar-refractivity contribution in [1.29, 1.82) is 0 Å². The molecular weight excluding hydrogens is 382 g/mol. The molecule has 2 aromatic carbocycles. The molecule has 2 rings (SSSR count). The fraction of sp³-hybridized carbons (Fsp3) is 0.143. The second-order valence-electron chi connectivity index (χ2n) is 3.86. The minimum atomic E-state index is -0.426. The van der Waals surface area contributed by atoms with E-state index >= 15 is 0 Å². The first-order valence-corrected chi connectivity index (χ1v) is 7.44. The Bertz CT molecular complexity index is 588. The van der Waals surface area contributed by atoms with Gasteiger partial charge in [0.2, 0.25) is 0 Å². The predicted octanol–water partition coefficient (Wildman–Crippen LogP) is 5.20. The molecule has 2 aromatic rings. The van der Waals surface area contributed by atoms with Gasteiger partial charge in [-0.1, -0.05) is 40.2 Å². The summed E-state index contributed by atoms with van der Waals surface area (Å²) in [5.74, 6) is -0.602. The highest BCUT2D eigenvalue weighted by Gasteiger charge is 2.11. The average Bonchev–Trinajstić information content (AvgIpc) is 2.41. The molecule has 0 spiro atoms. The van der Waals surface area contributed by atoms with Crippen LogP contribution in [-0.2, 0) is 11.9 Å². The van der Waals surface area contributed by atoms with Gasteiger partial charge in [-0.25, -0.2) is 8.78 Å². The first-order chi connectivity index (χ1) is 9.13. The summed E-state index contributed by atoms with van der Waals surface area (Å²) in [4.78, 5) is 0. The molecular formula is C14H10Br2F2O. The van der Waals surface area contributed by atoms with Crippen molar-refractivity contribution in [3.8, 4) is 5.75 Å². The van der Waals surface area contributed by atoms with Gasteiger partial charge >= 0.3 is 0 Å². The van der Waals surface area contributed by atoms with Gasteiger partial charge in [0.05, 0.1) is 4.47 Å². The van der Waals surface area contributed by atoms with Gasteiger partial charge in [0, 0.05) is 16.5 Å². The minimum absolute atomic E-state index is 0.0965. The Hall–Kier alpha value is -0.940. The Morgan fingerprint density at radius 2 is 1.58 bits per heavy atom. The van der Waals surface area contributed by atoms with Crippen molar-refractivity contribution in [1.82, 2.24) is 0 Å². The summed E-state index contributed by atoms with van der Waals surface area (Å²) < 4.78 is 32.9. The summed E-state index contributed by atoms with van der Waals surface area (Å²) in [7, 11) is 0. The van der Waals surface area contributed by atoms with E-state index in [1.807, 2.05) is 0 Å². The third-order valence-electron chi connectivity index (χ3n) is 2.60. The molecule has 0 amide bonds. The normalized spacial score (nSPS) is 10.5. The molecule has 0 unspecified atom stereocenters. The maximum absolute atomic E-state index is 13.7. The molecule has 0 heterocycles. The zero-order valence-electron chi connectivity index (χ0n) is 9.80. The van der Waals surface area contributed by atoms with Crippen LogP contribution in [0.15, 0.2) is 40.9 Å². The molecule has 19 heavy (non-hydrogen) atoms. The van der Waals surface area contributed by atoms with E-state index in [9.17, 15) is 8.78 Å². The van der Waals surface area contributed by atoms with E-state index in [0.29, 0.717) is 20.9 Å². The Morgan fingerprint density at radius 3 is 2.26 bits per heavy atom. The molecule has 0 N–H and O–H groups in total. The SMILES string of the molecule is Fc1cccc(COc2c(F)cccc2CBr)c1Br. The van der Waals surface area contributed by atoms with Crippen LogP contribution < -0.4 is 4.74 Å².